The summed E-state index contributed by atoms with van der Waals surface area (Å²) in [6.45, 7) is 3.64. The van der Waals surface area contributed by atoms with Crippen LogP contribution in [0.5, 0.6) is 0 Å². The molecule has 4 rings (SSSR count). The fourth-order valence-electron chi connectivity index (χ4n) is 3.19. The van der Waals surface area contributed by atoms with E-state index in [1.807, 2.05) is 16.0 Å². The normalized spacial score (nSPS) is 11.0. The molecule has 0 saturated heterocycles. The number of nitrogens with zero attached hydrogens (tertiary/aromatic N) is 2. The number of amides is 1. The first-order valence-corrected chi connectivity index (χ1v) is 10.4. The highest BCUT2D eigenvalue weighted by Gasteiger charge is 2.13. The highest BCUT2D eigenvalue weighted by molar-refractivity contribution is 7.15. The van der Waals surface area contributed by atoms with Crippen LogP contribution in [0.15, 0.2) is 60.1 Å². The molecule has 0 bridgehead atoms. The Morgan fingerprint density at radius 1 is 1.14 bits per heavy atom. The number of aromatic nitrogens is 2. The van der Waals surface area contributed by atoms with Gasteiger partial charge in [0.1, 0.15) is 0 Å². The number of fused-ring (bicyclic) bond motifs is 1. The third-order valence-corrected chi connectivity index (χ3v) is 5.72. The van der Waals surface area contributed by atoms with Gasteiger partial charge < -0.3 is 5.32 Å². The van der Waals surface area contributed by atoms with Crippen LogP contribution in [0, 0.1) is 0 Å². The molecular formula is C23H21N3O2S. The summed E-state index contributed by atoms with van der Waals surface area (Å²) in [6, 6.07) is 15.4. The van der Waals surface area contributed by atoms with Gasteiger partial charge in [0.05, 0.1) is 12.1 Å². The van der Waals surface area contributed by atoms with Crippen molar-refractivity contribution in [2.45, 2.75) is 26.7 Å². The second-order valence-electron chi connectivity index (χ2n) is 6.92. The molecule has 1 N–H and O–H groups in total. The van der Waals surface area contributed by atoms with Gasteiger partial charge in [-0.1, -0.05) is 43.3 Å². The van der Waals surface area contributed by atoms with E-state index in [2.05, 4.69) is 36.5 Å². The molecule has 5 nitrogen and oxygen atoms in total. The van der Waals surface area contributed by atoms with E-state index in [9.17, 15) is 9.59 Å². The number of carbonyl (C=O) groups excluding carboxylic acids is 2. The average molecular weight is 404 g/mol. The van der Waals surface area contributed by atoms with E-state index in [-0.39, 0.29) is 18.1 Å². The number of aryl methyl sites for hydroxylation is 1. The van der Waals surface area contributed by atoms with Crippen LogP contribution >= 0.6 is 11.3 Å². The SMILES string of the molecule is CCc1ccc(-c2cn3c(CC(=O)Nc4cccc(C(C)=O)c4)csc3n2)cc1. The number of nitrogens with one attached hydrogen (secondary N) is 1. The second-order valence-corrected chi connectivity index (χ2v) is 7.75. The van der Waals surface area contributed by atoms with E-state index < -0.39 is 0 Å². The Bertz CT molecular complexity index is 1190. The van der Waals surface area contributed by atoms with Gasteiger partial charge in [0.2, 0.25) is 5.91 Å². The van der Waals surface area contributed by atoms with E-state index in [4.69, 9.17) is 4.98 Å². The van der Waals surface area contributed by atoms with E-state index in [0.29, 0.717) is 11.3 Å². The van der Waals surface area contributed by atoms with E-state index in [0.717, 1.165) is 28.3 Å². The van der Waals surface area contributed by atoms with Gasteiger partial charge >= 0.3 is 0 Å². The van der Waals surface area contributed by atoms with Gasteiger partial charge in [-0.05, 0) is 31.0 Å². The first kappa shape index (κ1) is 19.1. The molecule has 0 atom stereocenters. The molecule has 0 saturated carbocycles. The van der Waals surface area contributed by atoms with Gasteiger partial charge in [-0.3, -0.25) is 14.0 Å². The number of Topliss-reactive ketones (excluding diaryl/α,β-unsaturated/α-hetero) is 1. The lowest BCUT2D eigenvalue weighted by Gasteiger charge is -2.06. The molecule has 6 heteroatoms. The van der Waals surface area contributed by atoms with Crippen molar-refractivity contribution < 1.29 is 9.59 Å². The second kappa shape index (κ2) is 8.01. The van der Waals surface area contributed by atoms with Crippen molar-refractivity contribution in [1.82, 2.24) is 9.38 Å². The number of rotatable bonds is 6. The van der Waals surface area contributed by atoms with Gasteiger partial charge in [-0.2, -0.15) is 0 Å². The predicted octanol–water partition coefficient (Wildman–Crippen LogP) is 5.01. The number of thiazole rings is 1. The van der Waals surface area contributed by atoms with Crippen LogP contribution in [0.25, 0.3) is 16.2 Å². The zero-order valence-electron chi connectivity index (χ0n) is 16.3. The molecule has 0 aliphatic rings. The predicted molar refractivity (Wildman–Crippen MR) is 117 cm³/mol. The Morgan fingerprint density at radius 2 is 1.93 bits per heavy atom. The average Bonchev–Trinajstić information content (AvgIpc) is 3.30. The molecule has 0 aliphatic carbocycles. The topological polar surface area (TPSA) is 63.5 Å². The third-order valence-electron chi connectivity index (χ3n) is 4.84. The Kier molecular flexibility index (Phi) is 5.27. The summed E-state index contributed by atoms with van der Waals surface area (Å²) in [6.07, 6.45) is 3.22. The third kappa shape index (κ3) is 4.12. The van der Waals surface area contributed by atoms with Gasteiger partial charge in [-0.15, -0.1) is 11.3 Å². The van der Waals surface area contributed by atoms with Crippen LogP contribution in [0.4, 0.5) is 5.69 Å². The monoisotopic (exact) mass is 403 g/mol. The van der Waals surface area contributed by atoms with Crippen LogP contribution in [0.3, 0.4) is 0 Å². The zero-order chi connectivity index (χ0) is 20.4. The molecule has 0 aliphatic heterocycles. The van der Waals surface area contributed by atoms with Crippen molar-refractivity contribution in [2.75, 3.05) is 5.32 Å². The molecule has 2 heterocycles. The summed E-state index contributed by atoms with van der Waals surface area (Å²) < 4.78 is 1.97. The van der Waals surface area contributed by atoms with Gasteiger partial charge in [0.25, 0.3) is 0 Å². The molecule has 146 valence electrons. The maximum Gasteiger partial charge on any atom is 0.230 e. The molecule has 0 spiro atoms. The largest absolute Gasteiger partial charge is 0.326 e. The summed E-state index contributed by atoms with van der Waals surface area (Å²) in [4.78, 5) is 29.6. The fraction of sp³-hybridized carbons (Fsp3) is 0.174. The Labute approximate surface area is 173 Å². The molecule has 2 aromatic heterocycles. The number of imidazole rings is 1. The lowest BCUT2D eigenvalue weighted by Crippen LogP contribution is -2.15. The Morgan fingerprint density at radius 3 is 2.66 bits per heavy atom. The number of hydrogen-bond donors (Lipinski definition) is 1. The maximum absolute atomic E-state index is 12.5. The van der Waals surface area contributed by atoms with Crippen LogP contribution in [0.2, 0.25) is 0 Å². The number of anilines is 1. The minimum atomic E-state index is -0.132. The number of carbonyl (C=O) groups is 2. The summed E-state index contributed by atoms with van der Waals surface area (Å²) in [7, 11) is 0. The van der Waals surface area contributed by atoms with Crippen molar-refractivity contribution in [2.24, 2.45) is 0 Å². The molecule has 2 aromatic carbocycles. The lowest BCUT2D eigenvalue weighted by molar-refractivity contribution is -0.115. The zero-order valence-corrected chi connectivity index (χ0v) is 17.1. The van der Waals surface area contributed by atoms with Crippen LogP contribution in [0.1, 0.15) is 35.5 Å². The van der Waals surface area contributed by atoms with Gasteiger partial charge in [0.15, 0.2) is 10.7 Å². The molecule has 0 unspecified atom stereocenters. The summed E-state index contributed by atoms with van der Waals surface area (Å²) in [5.41, 5.74) is 5.34. The van der Waals surface area contributed by atoms with Crippen molar-refractivity contribution in [3.63, 3.8) is 0 Å². The minimum absolute atomic E-state index is 0.0291. The maximum atomic E-state index is 12.5. The van der Waals surface area contributed by atoms with E-state index in [1.165, 1.54) is 23.8 Å². The molecule has 0 radical (unpaired) electrons. The van der Waals surface area contributed by atoms with Crippen molar-refractivity contribution >= 4 is 33.7 Å². The van der Waals surface area contributed by atoms with Gasteiger partial charge in [-0.25, -0.2) is 4.98 Å². The first-order valence-electron chi connectivity index (χ1n) is 9.49. The van der Waals surface area contributed by atoms with E-state index in [1.54, 1.807) is 24.3 Å². The van der Waals surface area contributed by atoms with Gasteiger partial charge in [0, 0.05) is 34.1 Å². The Hall–Kier alpha value is -3.25. The smallest absolute Gasteiger partial charge is 0.230 e. The van der Waals surface area contributed by atoms with Crippen molar-refractivity contribution in [1.29, 1.82) is 0 Å². The summed E-state index contributed by atoms with van der Waals surface area (Å²) in [5.74, 6) is -0.161. The standard InChI is InChI=1S/C23H21N3O2S/c1-3-16-7-9-17(10-8-16)21-13-26-20(14-29-23(26)25-21)12-22(28)24-19-6-4-5-18(11-19)15(2)27/h4-11,13-14H,3,12H2,1-2H3,(H,24,28). The molecule has 1 amide bonds. The molecular weight excluding hydrogens is 382 g/mol. The lowest BCUT2D eigenvalue weighted by atomic mass is 10.1. The summed E-state index contributed by atoms with van der Waals surface area (Å²) >= 11 is 1.52. The van der Waals surface area contributed by atoms with E-state index >= 15 is 0 Å². The summed E-state index contributed by atoms with van der Waals surface area (Å²) in [5, 5.41) is 4.83. The van der Waals surface area contributed by atoms with Crippen LogP contribution in [-0.2, 0) is 17.6 Å². The number of ketones is 1. The molecule has 0 fully saturated rings. The van der Waals surface area contributed by atoms with Crippen molar-refractivity contribution in [3.05, 3.63) is 76.9 Å². The highest BCUT2D eigenvalue weighted by atomic mass is 32.1. The van der Waals surface area contributed by atoms with Crippen molar-refractivity contribution in [3.8, 4) is 11.3 Å². The fourth-order valence-corrected chi connectivity index (χ4v) is 4.07. The highest BCUT2D eigenvalue weighted by Crippen LogP contribution is 2.24. The Balaban J connectivity index is 1.52. The molecule has 4 aromatic rings. The number of hydrogen-bond acceptors (Lipinski definition) is 4. The first-order chi connectivity index (χ1) is 14.0. The van der Waals surface area contributed by atoms with Crippen LogP contribution < -0.4 is 5.32 Å². The minimum Gasteiger partial charge on any atom is -0.326 e. The van der Waals surface area contributed by atoms with Crippen LogP contribution in [-0.4, -0.2) is 21.1 Å². The number of benzene rings is 2. The quantitative estimate of drug-likeness (QED) is 0.460. The molecule has 29 heavy (non-hydrogen) atoms.